The highest BCUT2D eigenvalue weighted by molar-refractivity contribution is 5.91. The second kappa shape index (κ2) is 5.23. The Balaban J connectivity index is 2.40. The van der Waals surface area contributed by atoms with Crippen molar-refractivity contribution in [2.75, 3.05) is 6.54 Å². The number of nitrogens with one attached hydrogen (secondary N) is 1. The summed E-state index contributed by atoms with van der Waals surface area (Å²) >= 11 is 0. The zero-order valence-electron chi connectivity index (χ0n) is 9.16. The highest BCUT2D eigenvalue weighted by Crippen LogP contribution is 2.08. The number of ether oxygens (including phenoxy) is 1. The second-order valence-corrected chi connectivity index (χ2v) is 4.16. The van der Waals surface area contributed by atoms with Gasteiger partial charge in [0.2, 0.25) is 0 Å². The van der Waals surface area contributed by atoms with Crippen LogP contribution in [0.4, 0.5) is 0 Å². The smallest absolute Gasteiger partial charge is 0.330 e. The Morgan fingerprint density at radius 2 is 2.13 bits per heavy atom. The molecule has 86 valence electrons. The van der Waals surface area contributed by atoms with E-state index in [2.05, 4.69) is 5.32 Å². The van der Waals surface area contributed by atoms with Crippen molar-refractivity contribution in [3.8, 4) is 0 Å². The summed E-state index contributed by atoms with van der Waals surface area (Å²) in [4.78, 5) is 22.8. The molecule has 0 saturated carbocycles. The monoisotopic (exact) mass is 214 g/mol. The molecule has 0 aromatic heterocycles. The van der Waals surface area contributed by atoms with E-state index < -0.39 is 18.0 Å². The van der Waals surface area contributed by atoms with Crippen LogP contribution in [0.15, 0.2) is 0 Å². The van der Waals surface area contributed by atoms with Gasteiger partial charge in [-0.15, -0.1) is 0 Å². The van der Waals surface area contributed by atoms with Crippen LogP contribution in [0.1, 0.15) is 26.7 Å². The van der Waals surface area contributed by atoms with Crippen molar-refractivity contribution in [3.05, 3.63) is 0 Å². The van der Waals surface area contributed by atoms with Gasteiger partial charge in [0, 0.05) is 0 Å². The minimum atomic E-state index is -0.727. The largest absolute Gasteiger partial charge is 0.391 e. The number of hydrogen-bond acceptors (Lipinski definition) is 5. The number of carbonyl (C=O) groups excluding carboxylic acids is 2. The standard InChI is InChI=1S/C10H18N2O3/c1-6(2)8(11)10(14)15-9(13)7-4-3-5-12-7/h6-8,12H,3-5,11H2,1-2H3/t7-,8-/m0/s1. The summed E-state index contributed by atoms with van der Waals surface area (Å²) in [5, 5.41) is 2.96. The Kier molecular flexibility index (Phi) is 4.23. The van der Waals surface area contributed by atoms with E-state index in [1.165, 1.54) is 0 Å². The molecule has 0 amide bonds. The normalized spacial score (nSPS) is 22.8. The quantitative estimate of drug-likeness (QED) is 0.502. The summed E-state index contributed by atoms with van der Waals surface area (Å²) in [6.45, 7) is 4.42. The molecule has 5 heteroatoms. The van der Waals surface area contributed by atoms with Crippen LogP contribution in [0.3, 0.4) is 0 Å². The van der Waals surface area contributed by atoms with Gasteiger partial charge in [-0.25, -0.2) is 9.59 Å². The van der Waals surface area contributed by atoms with Crippen molar-refractivity contribution in [1.29, 1.82) is 0 Å². The molecule has 0 radical (unpaired) electrons. The summed E-state index contributed by atoms with van der Waals surface area (Å²) in [5.74, 6) is -1.17. The summed E-state index contributed by atoms with van der Waals surface area (Å²) in [7, 11) is 0. The molecule has 0 aromatic rings. The van der Waals surface area contributed by atoms with Gasteiger partial charge in [-0.1, -0.05) is 13.8 Å². The maximum atomic E-state index is 11.4. The van der Waals surface area contributed by atoms with Crippen molar-refractivity contribution < 1.29 is 14.3 Å². The van der Waals surface area contributed by atoms with Gasteiger partial charge in [-0.05, 0) is 25.3 Å². The van der Waals surface area contributed by atoms with E-state index in [-0.39, 0.29) is 12.0 Å². The third kappa shape index (κ3) is 3.28. The van der Waals surface area contributed by atoms with Crippen LogP contribution in [-0.4, -0.2) is 30.6 Å². The number of nitrogens with two attached hydrogens (primary N) is 1. The first-order valence-electron chi connectivity index (χ1n) is 5.27. The van der Waals surface area contributed by atoms with Crippen LogP contribution in [0, 0.1) is 5.92 Å². The lowest BCUT2D eigenvalue weighted by molar-refractivity contribution is -0.162. The van der Waals surface area contributed by atoms with E-state index in [4.69, 9.17) is 10.5 Å². The van der Waals surface area contributed by atoms with E-state index in [9.17, 15) is 9.59 Å². The number of hydrogen-bond donors (Lipinski definition) is 2. The summed E-state index contributed by atoms with van der Waals surface area (Å²) in [6.07, 6.45) is 1.66. The average molecular weight is 214 g/mol. The van der Waals surface area contributed by atoms with Crippen LogP contribution < -0.4 is 11.1 Å². The SMILES string of the molecule is CC(C)[C@H](N)C(=O)OC(=O)[C@@H]1CCCN1. The molecule has 1 fully saturated rings. The van der Waals surface area contributed by atoms with Crippen LogP contribution in [-0.2, 0) is 14.3 Å². The Bertz CT molecular complexity index is 235. The molecule has 2 atom stereocenters. The highest BCUT2D eigenvalue weighted by Gasteiger charge is 2.28. The zero-order chi connectivity index (χ0) is 11.4. The molecule has 1 aliphatic rings. The van der Waals surface area contributed by atoms with E-state index in [0.717, 1.165) is 19.4 Å². The molecule has 0 aliphatic carbocycles. The number of carbonyl (C=O) groups is 2. The minimum Gasteiger partial charge on any atom is -0.391 e. The molecule has 3 N–H and O–H groups in total. The van der Waals surface area contributed by atoms with Crippen molar-refractivity contribution in [2.24, 2.45) is 11.7 Å². The lowest BCUT2D eigenvalue weighted by Gasteiger charge is -2.15. The Morgan fingerprint density at radius 3 is 2.60 bits per heavy atom. The third-order valence-electron chi connectivity index (χ3n) is 2.54. The van der Waals surface area contributed by atoms with Gasteiger partial charge in [0.15, 0.2) is 0 Å². The molecule has 15 heavy (non-hydrogen) atoms. The second-order valence-electron chi connectivity index (χ2n) is 4.16. The van der Waals surface area contributed by atoms with Crippen molar-refractivity contribution in [2.45, 2.75) is 38.8 Å². The number of esters is 2. The van der Waals surface area contributed by atoms with Crippen LogP contribution in [0.2, 0.25) is 0 Å². The van der Waals surface area contributed by atoms with Gasteiger partial charge in [0.05, 0.1) is 0 Å². The van der Waals surface area contributed by atoms with E-state index >= 15 is 0 Å². The van der Waals surface area contributed by atoms with Gasteiger partial charge in [-0.2, -0.15) is 0 Å². The maximum absolute atomic E-state index is 11.4. The molecule has 0 spiro atoms. The zero-order valence-corrected chi connectivity index (χ0v) is 9.16. The molecule has 1 aliphatic heterocycles. The predicted molar refractivity (Wildman–Crippen MR) is 54.9 cm³/mol. The lowest BCUT2D eigenvalue weighted by Crippen LogP contribution is -2.41. The Labute approximate surface area is 89.3 Å². The van der Waals surface area contributed by atoms with Crippen molar-refractivity contribution in [1.82, 2.24) is 5.32 Å². The van der Waals surface area contributed by atoms with Gasteiger partial charge in [0.25, 0.3) is 0 Å². The molecule has 1 saturated heterocycles. The Morgan fingerprint density at radius 1 is 1.47 bits per heavy atom. The molecular weight excluding hydrogens is 196 g/mol. The molecule has 1 heterocycles. The number of rotatable bonds is 3. The van der Waals surface area contributed by atoms with Crippen molar-refractivity contribution >= 4 is 11.9 Å². The minimum absolute atomic E-state index is 0.0261. The fourth-order valence-corrected chi connectivity index (χ4v) is 1.40. The predicted octanol–water partition coefficient (Wildman–Crippen LogP) is -0.208. The fourth-order valence-electron chi connectivity index (χ4n) is 1.40. The molecular formula is C10H18N2O3. The third-order valence-corrected chi connectivity index (χ3v) is 2.54. The van der Waals surface area contributed by atoms with E-state index in [0.29, 0.717) is 0 Å². The fraction of sp³-hybridized carbons (Fsp3) is 0.800. The first-order chi connectivity index (χ1) is 7.02. The topological polar surface area (TPSA) is 81.4 Å². The first kappa shape index (κ1) is 12.1. The summed E-state index contributed by atoms with van der Waals surface area (Å²) in [6, 6.07) is -1.07. The molecule has 0 aromatic carbocycles. The van der Waals surface area contributed by atoms with Gasteiger partial charge < -0.3 is 15.8 Å². The summed E-state index contributed by atoms with van der Waals surface area (Å²) < 4.78 is 4.69. The molecule has 0 unspecified atom stereocenters. The van der Waals surface area contributed by atoms with E-state index in [1.807, 2.05) is 13.8 Å². The van der Waals surface area contributed by atoms with E-state index in [1.54, 1.807) is 0 Å². The van der Waals surface area contributed by atoms with Gasteiger partial charge in [0.1, 0.15) is 12.1 Å². The van der Waals surface area contributed by atoms with Crippen LogP contribution in [0.25, 0.3) is 0 Å². The lowest BCUT2D eigenvalue weighted by atomic mass is 10.1. The average Bonchev–Trinajstić information content (AvgIpc) is 2.68. The first-order valence-corrected chi connectivity index (χ1v) is 5.27. The molecule has 1 rings (SSSR count). The summed E-state index contributed by atoms with van der Waals surface area (Å²) in [5.41, 5.74) is 5.56. The maximum Gasteiger partial charge on any atom is 0.330 e. The van der Waals surface area contributed by atoms with Crippen LogP contribution >= 0.6 is 0 Å². The van der Waals surface area contributed by atoms with Gasteiger partial charge >= 0.3 is 11.9 Å². The van der Waals surface area contributed by atoms with Crippen LogP contribution in [0.5, 0.6) is 0 Å². The molecule has 5 nitrogen and oxygen atoms in total. The van der Waals surface area contributed by atoms with Gasteiger partial charge in [-0.3, -0.25) is 0 Å². The molecule has 0 bridgehead atoms. The van der Waals surface area contributed by atoms with Crippen molar-refractivity contribution in [3.63, 3.8) is 0 Å². The highest BCUT2D eigenvalue weighted by atomic mass is 16.6. The Hall–Kier alpha value is -0.940.